The number of aryl methyl sites for hydroxylation is 1. The first-order valence-corrected chi connectivity index (χ1v) is 7.01. The van der Waals surface area contributed by atoms with E-state index >= 15 is 0 Å². The minimum atomic E-state index is 0.233. The van der Waals surface area contributed by atoms with Crippen molar-refractivity contribution in [2.24, 2.45) is 5.92 Å². The molecule has 0 saturated carbocycles. The van der Waals surface area contributed by atoms with Crippen molar-refractivity contribution in [1.29, 1.82) is 0 Å². The number of ketones is 1. The number of carbonyl (C=O) groups is 1. The molecule has 1 aromatic carbocycles. The van der Waals surface area contributed by atoms with Gasteiger partial charge in [0.1, 0.15) is 11.5 Å². The van der Waals surface area contributed by atoms with Crippen LogP contribution in [0.3, 0.4) is 0 Å². The Morgan fingerprint density at radius 3 is 2.53 bits per heavy atom. The molecule has 0 aliphatic carbocycles. The van der Waals surface area contributed by atoms with E-state index < -0.39 is 0 Å². The van der Waals surface area contributed by atoms with Crippen LogP contribution in [0, 0.1) is 5.92 Å². The lowest BCUT2D eigenvalue weighted by atomic mass is 10.1. The third-order valence-electron chi connectivity index (χ3n) is 2.49. The number of rotatable bonds is 7. The molecule has 1 rings (SSSR count). The highest BCUT2D eigenvalue weighted by Gasteiger charge is 2.02. The molecule has 2 nitrogen and oxygen atoms in total. The molecule has 1 aromatic rings. The van der Waals surface area contributed by atoms with E-state index in [1.165, 1.54) is 5.56 Å². The Balaban J connectivity index is 2.41. The maximum Gasteiger partial charge on any atom is 0.130 e. The smallest absolute Gasteiger partial charge is 0.130 e. The van der Waals surface area contributed by atoms with Gasteiger partial charge in [0, 0.05) is 11.8 Å². The Bertz CT molecular complexity index is 346. The van der Waals surface area contributed by atoms with Gasteiger partial charge >= 0.3 is 0 Å². The summed E-state index contributed by atoms with van der Waals surface area (Å²) in [5.41, 5.74) is 1.18. The summed E-state index contributed by atoms with van der Waals surface area (Å²) in [6.45, 7) is 4.48. The Labute approximate surface area is 111 Å². The van der Waals surface area contributed by atoms with Crippen molar-refractivity contribution in [3.05, 3.63) is 29.8 Å². The Hall–Kier alpha value is -0.830. The standard InChI is InChI=1S/C14H19BrO2/c1-11(9-15)10-17-14-7-5-13(6-8-14)4-3-12(2)16/h5-8,11H,3-4,9-10H2,1-2H3. The van der Waals surface area contributed by atoms with Crippen molar-refractivity contribution in [2.75, 3.05) is 11.9 Å². The van der Waals surface area contributed by atoms with Crippen LogP contribution in [0.2, 0.25) is 0 Å². The summed E-state index contributed by atoms with van der Waals surface area (Å²) in [7, 11) is 0. The molecule has 0 amide bonds. The molecule has 0 aliphatic rings. The van der Waals surface area contributed by atoms with Gasteiger partial charge in [-0.05, 0) is 37.0 Å². The van der Waals surface area contributed by atoms with Crippen molar-refractivity contribution < 1.29 is 9.53 Å². The predicted molar refractivity (Wildman–Crippen MR) is 73.9 cm³/mol. The Kier molecular flexibility index (Phi) is 6.27. The first kappa shape index (κ1) is 14.2. The van der Waals surface area contributed by atoms with Crippen LogP contribution in [0.4, 0.5) is 0 Å². The van der Waals surface area contributed by atoms with E-state index in [0.717, 1.165) is 24.1 Å². The number of Topliss-reactive ketones (excluding diaryl/α,β-unsaturated/α-hetero) is 1. The average Bonchev–Trinajstić information content (AvgIpc) is 2.34. The molecule has 1 atom stereocenters. The van der Waals surface area contributed by atoms with Crippen molar-refractivity contribution in [1.82, 2.24) is 0 Å². The summed E-state index contributed by atoms with van der Waals surface area (Å²) in [6, 6.07) is 7.99. The number of halogens is 1. The minimum absolute atomic E-state index is 0.233. The van der Waals surface area contributed by atoms with Crippen LogP contribution in [0.1, 0.15) is 25.8 Å². The molecule has 0 fully saturated rings. The number of ether oxygens (including phenoxy) is 1. The number of carbonyl (C=O) groups excluding carboxylic acids is 1. The molecular formula is C14H19BrO2. The predicted octanol–water partition coefficient (Wildman–Crippen LogP) is 3.62. The molecule has 94 valence electrons. The van der Waals surface area contributed by atoms with Gasteiger partial charge < -0.3 is 9.53 Å². The van der Waals surface area contributed by atoms with Crippen molar-refractivity contribution >= 4 is 21.7 Å². The third kappa shape index (κ3) is 5.87. The summed E-state index contributed by atoms with van der Waals surface area (Å²) in [5.74, 6) is 1.63. The van der Waals surface area contributed by atoms with Gasteiger partial charge in [-0.2, -0.15) is 0 Å². The van der Waals surface area contributed by atoms with E-state index in [0.29, 0.717) is 12.3 Å². The average molecular weight is 299 g/mol. The van der Waals surface area contributed by atoms with Gasteiger partial charge in [0.15, 0.2) is 0 Å². The Morgan fingerprint density at radius 1 is 1.35 bits per heavy atom. The fourth-order valence-electron chi connectivity index (χ4n) is 1.36. The van der Waals surface area contributed by atoms with Crippen LogP contribution >= 0.6 is 15.9 Å². The second-order valence-electron chi connectivity index (χ2n) is 4.42. The maximum atomic E-state index is 10.9. The lowest BCUT2D eigenvalue weighted by Gasteiger charge is -2.10. The van der Waals surface area contributed by atoms with Gasteiger partial charge in [-0.1, -0.05) is 35.0 Å². The lowest BCUT2D eigenvalue weighted by Crippen LogP contribution is -2.09. The highest BCUT2D eigenvalue weighted by atomic mass is 79.9. The van der Waals surface area contributed by atoms with E-state index in [9.17, 15) is 4.79 Å². The van der Waals surface area contributed by atoms with Crippen LogP contribution < -0.4 is 4.74 Å². The lowest BCUT2D eigenvalue weighted by molar-refractivity contribution is -0.116. The molecule has 0 aliphatic heterocycles. The molecule has 0 saturated heterocycles. The van der Waals surface area contributed by atoms with E-state index in [4.69, 9.17) is 4.74 Å². The van der Waals surface area contributed by atoms with E-state index in [2.05, 4.69) is 22.9 Å². The van der Waals surface area contributed by atoms with Crippen LogP contribution in [-0.2, 0) is 11.2 Å². The largest absolute Gasteiger partial charge is 0.493 e. The molecule has 0 bridgehead atoms. The summed E-state index contributed by atoms with van der Waals surface area (Å²) < 4.78 is 5.64. The number of benzene rings is 1. The van der Waals surface area contributed by atoms with Gasteiger partial charge in [0.2, 0.25) is 0 Å². The summed E-state index contributed by atoms with van der Waals surface area (Å²) >= 11 is 3.42. The first-order chi connectivity index (χ1) is 8.11. The molecule has 1 unspecified atom stereocenters. The monoisotopic (exact) mass is 298 g/mol. The van der Waals surface area contributed by atoms with Crippen LogP contribution in [0.5, 0.6) is 5.75 Å². The molecule has 0 N–H and O–H groups in total. The van der Waals surface area contributed by atoms with Crippen LogP contribution in [-0.4, -0.2) is 17.7 Å². The number of hydrogen-bond donors (Lipinski definition) is 0. The number of alkyl halides is 1. The molecule has 0 spiro atoms. The molecule has 17 heavy (non-hydrogen) atoms. The summed E-state index contributed by atoms with van der Waals surface area (Å²) in [6.07, 6.45) is 1.42. The fraction of sp³-hybridized carbons (Fsp3) is 0.500. The van der Waals surface area contributed by atoms with Gasteiger partial charge in [0.25, 0.3) is 0 Å². The van der Waals surface area contributed by atoms with Crippen LogP contribution in [0.15, 0.2) is 24.3 Å². The third-order valence-corrected chi connectivity index (χ3v) is 3.59. The van der Waals surface area contributed by atoms with Gasteiger partial charge in [0.05, 0.1) is 6.61 Å². The Morgan fingerprint density at radius 2 is 2.00 bits per heavy atom. The first-order valence-electron chi connectivity index (χ1n) is 5.89. The van der Waals surface area contributed by atoms with Gasteiger partial charge in [-0.15, -0.1) is 0 Å². The molecule has 3 heteroatoms. The van der Waals surface area contributed by atoms with Gasteiger partial charge in [-0.25, -0.2) is 0 Å². The van der Waals surface area contributed by atoms with E-state index in [1.54, 1.807) is 6.92 Å². The topological polar surface area (TPSA) is 26.3 Å². The normalized spacial score (nSPS) is 12.2. The molecule has 0 radical (unpaired) electrons. The fourth-order valence-corrected chi connectivity index (χ4v) is 1.54. The summed E-state index contributed by atoms with van der Waals surface area (Å²) in [5, 5.41) is 0.948. The summed E-state index contributed by atoms with van der Waals surface area (Å²) in [4.78, 5) is 10.9. The molecule has 0 aromatic heterocycles. The highest BCUT2D eigenvalue weighted by Crippen LogP contribution is 2.14. The second kappa shape index (κ2) is 7.49. The highest BCUT2D eigenvalue weighted by molar-refractivity contribution is 9.09. The maximum absolute atomic E-state index is 10.9. The molecule has 0 heterocycles. The van der Waals surface area contributed by atoms with Crippen molar-refractivity contribution in [3.63, 3.8) is 0 Å². The van der Waals surface area contributed by atoms with Crippen LogP contribution in [0.25, 0.3) is 0 Å². The van der Waals surface area contributed by atoms with Gasteiger partial charge in [-0.3, -0.25) is 0 Å². The quantitative estimate of drug-likeness (QED) is 0.719. The zero-order chi connectivity index (χ0) is 12.7. The van der Waals surface area contributed by atoms with E-state index in [-0.39, 0.29) is 5.78 Å². The molecular weight excluding hydrogens is 280 g/mol. The van der Waals surface area contributed by atoms with E-state index in [1.807, 2.05) is 24.3 Å². The second-order valence-corrected chi connectivity index (χ2v) is 5.06. The van der Waals surface area contributed by atoms with Crippen molar-refractivity contribution in [2.45, 2.75) is 26.7 Å². The number of hydrogen-bond acceptors (Lipinski definition) is 2. The minimum Gasteiger partial charge on any atom is -0.493 e. The SMILES string of the molecule is CC(=O)CCc1ccc(OCC(C)CBr)cc1. The van der Waals surface area contributed by atoms with Crippen molar-refractivity contribution in [3.8, 4) is 5.75 Å². The zero-order valence-corrected chi connectivity index (χ0v) is 12.0. The zero-order valence-electron chi connectivity index (χ0n) is 10.4.